The van der Waals surface area contributed by atoms with E-state index in [0.717, 1.165) is 12.2 Å². The molecule has 0 amide bonds. The van der Waals surface area contributed by atoms with Crippen LogP contribution in [0, 0.1) is 0 Å². The molecule has 0 radical (unpaired) electrons. The van der Waals surface area contributed by atoms with Crippen LogP contribution >= 0.6 is 0 Å². The lowest BCUT2D eigenvalue weighted by Gasteiger charge is -2.01. The van der Waals surface area contributed by atoms with Gasteiger partial charge in [0.1, 0.15) is 13.2 Å². The number of hydrogen-bond acceptors (Lipinski definition) is 5. The molecule has 0 saturated carbocycles. The second-order valence-electron chi connectivity index (χ2n) is 3.72. The summed E-state index contributed by atoms with van der Waals surface area (Å²) in [6, 6.07) is 0. The van der Waals surface area contributed by atoms with Crippen LogP contribution in [0.2, 0.25) is 0 Å². The maximum absolute atomic E-state index is 10.7. The fraction of sp³-hybridized carbons (Fsp3) is 0.267. The van der Waals surface area contributed by atoms with Gasteiger partial charge in [-0.2, -0.15) is 0 Å². The van der Waals surface area contributed by atoms with E-state index in [-0.39, 0.29) is 19.2 Å². The maximum atomic E-state index is 10.7. The molecule has 0 unspecified atom stereocenters. The topological polar surface area (TPSA) is 103 Å². The van der Waals surface area contributed by atoms with Crippen molar-refractivity contribution in [1.82, 2.24) is 5.32 Å². The van der Waals surface area contributed by atoms with Gasteiger partial charge in [-0.25, -0.2) is 14.6 Å². The predicted octanol–water partition coefficient (Wildman–Crippen LogP) is 0.462. The molecule has 0 aromatic carbocycles. The van der Waals surface area contributed by atoms with Crippen LogP contribution in [0.25, 0.3) is 0 Å². The predicted molar refractivity (Wildman–Crippen MR) is 85.1 cm³/mol. The maximum Gasteiger partial charge on any atom is 0.330 e. The van der Waals surface area contributed by atoms with Crippen LogP contribution < -0.4 is 11.1 Å². The Morgan fingerprint density at radius 2 is 1.55 bits per heavy atom. The minimum absolute atomic E-state index is 0.167. The van der Waals surface area contributed by atoms with Crippen molar-refractivity contribution in [2.24, 2.45) is 10.7 Å². The molecule has 0 spiro atoms. The van der Waals surface area contributed by atoms with Gasteiger partial charge in [0.25, 0.3) is 0 Å². The molecule has 7 nitrogen and oxygen atoms in total. The largest absolute Gasteiger partial charge is 0.458 e. The normalized spacial score (nSPS) is 11.4. The molecular weight excluding hydrogens is 286 g/mol. The van der Waals surface area contributed by atoms with Gasteiger partial charge < -0.3 is 20.5 Å². The van der Waals surface area contributed by atoms with Crippen LogP contribution in [-0.2, 0) is 19.1 Å². The monoisotopic (exact) mass is 307 g/mol. The Hall–Kier alpha value is -2.83. The van der Waals surface area contributed by atoms with E-state index in [1.807, 2.05) is 0 Å². The van der Waals surface area contributed by atoms with Crippen molar-refractivity contribution < 1.29 is 19.1 Å². The molecule has 0 rings (SSSR count). The Balaban J connectivity index is 3.72. The summed E-state index contributed by atoms with van der Waals surface area (Å²) in [7, 11) is 0. The Bertz CT molecular complexity index is 467. The van der Waals surface area contributed by atoms with Gasteiger partial charge in [0, 0.05) is 18.7 Å². The Morgan fingerprint density at radius 3 is 2.09 bits per heavy atom. The lowest BCUT2D eigenvalue weighted by atomic mass is 10.5. The number of carbonyl (C=O) groups excluding carboxylic acids is 2. The van der Waals surface area contributed by atoms with Crippen molar-refractivity contribution in [3.05, 3.63) is 49.6 Å². The fourth-order valence-corrected chi connectivity index (χ4v) is 1.04. The summed E-state index contributed by atoms with van der Waals surface area (Å²) in [5, 5.41) is 2.85. The van der Waals surface area contributed by atoms with Gasteiger partial charge in [0.05, 0.1) is 6.54 Å². The summed E-state index contributed by atoms with van der Waals surface area (Å²) in [5.74, 6) is -0.662. The Morgan fingerprint density at radius 1 is 1.00 bits per heavy atom. The molecule has 0 atom stereocenters. The van der Waals surface area contributed by atoms with Crippen molar-refractivity contribution in [3.63, 3.8) is 0 Å². The van der Waals surface area contributed by atoms with Gasteiger partial charge >= 0.3 is 11.9 Å². The molecule has 0 aliphatic heterocycles. The number of hydrogen-bond donors (Lipinski definition) is 2. The number of esters is 2. The average molecular weight is 307 g/mol. The van der Waals surface area contributed by atoms with E-state index < -0.39 is 11.9 Å². The van der Waals surface area contributed by atoms with Gasteiger partial charge in [0.2, 0.25) is 0 Å². The van der Waals surface area contributed by atoms with E-state index >= 15 is 0 Å². The Kier molecular flexibility index (Phi) is 11.5. The number of guanidine groups is 1. The van der Waals surface area contributed by atoms with E-state index in [4.69, 9.17) is 15.2 Å². The van der Waals surface area contributed by atoms with Crippen LogP contribution in [0.1, 0.15) is 0 Å². The number of nitrogens with two attached hydrogens (primary N) is 1. The van der Waals surface area contributed by atoms with Gasteiger partial charge in [-0.05, 0) is 12.2 Å². The summed E-state index contributed by atoms with van der Waals surface area (Å²) in [6.07, 6.45) is 9.00. The van der Waals surface area contributed by atoms with Crippen molar-refractivity contribution in [2.45, 2.75) is 0 Å². The summed E-state index contributed by atoms with van der Waals surface area (Å²) in [5.41, 5.74) is 5.62. The SMILES string of the molecule is C=CC(=O)OC/C=C/CN=C(N)NC/C=C/COC(=O)C=C. The van der Waals surface area contributed by atoms with E-state index in [1.165, 1.54) is 0 Å². The van der Waals surface area contributed by atoms with Crippen LogP contribution in [0.5, 0.6) is 0 Å². The first-order valence-corrected chi connectivity index (χ1v) is 6.52. The van der Waals surface area contributed by atoms with Crippen molar-refractivity contribution in [3.8, 4) is 0 Å². The highest BCUT2D eigenvalue weighted by Crippen LogP contribution is 1.83. The summed E-state index contributed by atoms with van der Waals surface area (Å²) < 4.78 is 9.48. The van der Waals surface area contributed by atoms with Crippen molar-refractivity contribution in [2.75, 3.05) is 26.3 Å². The van der Waals surface area contributed by atoms with Crippen molar-refractivity contribution in [1.29, 1.82) is 0 Å². The van der Waals surface area contributed by atoms with Gasteiger partial charge in [-0.15, -0.1) is 0 Å². The zero-order valence-corrected chi connectivity index (χ0v) is 12.4. The highest BCUT2D eigenvalue weighted by atomic mass is 16.5. The first-order chi connectivity index (χ1) is 10.6. The fourth-order valence-electron chi connectivity index (χ4n) is 1.04. The number of carbonyl (C=O) groups is 2. The summed E-state index contributed by atoms with van der Waals surface area (Å²) >= 11 is 0. The average Bonchev–Trinajstić information content (AvgIpc) is 2.53. The third kappa shape index (κ3) is 12.2. The van der Waals surface area contributed by atoms with Gasteiger partial charge in [-0.3, -0.25) is 0 Å². The van der Waals surface area contributed by atoms with Crippen LogP contribution in [0.3, 0.4) is 0 Å². The highest BCUT2D eigenvalue weighted by Gasteiger charge is 1.91. The number of ether oxygens (including phenoxy) is 2. The van der Waals surface area contributed by atoms with E-state index in [2.05, 4.69) is 23.5 Å². The molecular formula is C15H21N3O4. The third-order valence-corrected chi connectivity index (χ3v) is 2.08. The molecule has 0 aliphatic carbocycles. The number of rotatable bonds is 10. The van der Waals surface area contributed by atoms with Crippen LogP contribution in [-0.4, -0.2) is 44.2 Å². The van der Waals surface area contributed by atoms with E-state index in [9.17, 15) is 9.59 Å². The molecule has 0 aromatic heterocycles. The van der Waals surface area contributed by atoms with Crippen molar-refractivity contribution >= 4 is 17.9 Å². The molecule has 0 heterocycles. The number of nitrogens with one attached hydrogen (secondary N) is 1. The summed E-state index contributed by atoms with van der Waals surface area (Å²) in [4.78, 5) is 25.5. The number of nitrogens with zero attached hydrogens (tertiary/aromatic N) is 1. The molecule has 0 saturated heterocycles. The minimum Gasteiger partial charge on any atom is -0.458 e. The molecule has 0 aromatic rings. The molecule has 22 heavy (non-hydrogen) atoms. The second kappa shape index (κ2) is 13.2. The smallest absolute Gasteiger partial charge is 0.330 e. The Labute approximate surface area is 129 Å². The van der Waals surface area contributed by atoms with E-state index in [1.54, 1.807) is 24.3 Å². The molecule has 0 bridgehead atoms. The molecule has 3 N–H and O–H groups in total. The molecule has 7 heteroatoms. The molecule has 0 aliphatic rings. The van der Waals surface area contributed by atoms with Crippen LogP contribution in [0.15, 0.2) is 54.6 Å². The zero-order valence-electron chi connectivity index (χ0n) is 12.4. The molecule has 0 fully saturated rings. The van der Waals surface area contributed by atoms with Crippen LogP contribution in [0.4, 0.5) is 0 Å². The number of aliphatic imine (C=N–C) groups is 1. The first-order valence-electron chi connectivity index (χ1n) is 6.52. The second-order valence-corrected chi connectivity index (χ2v) is 3.72. The van der Waals surface area contributed by atoms with E-state index in [0.29, 0.717) is 13.1 Å². The lowest BCUT2D eigenvalue weighted by molar-refractivity contribution is -0.137. The van der Waals surface area contributed by atoms with Gasteiger partial charge in [0.15, 0.2) is 5.96 Å². The molecule has 120 valence electrons. The quantitative estimate of drug-likeness (QED) is 0.200. The highest BCUT2D eigenvalue weighted by molar-refractivity contribution is 5.81. The van der Waals surface area contributed by atoms with Gasteiger partial charge in [-0.1, -0.05) is 25.3 Å². The standard InChI is InChI=1S/C15H21N3O4/c1-3-13(19)21-11-7-5-9-17-15(16)18-10-6-8-12-22-14(20)4-2/h3-8H,1-2,9-12H2,(H3,16,17,18)/b7-5+,8-6+. The lowest BCUT2D eigenvalue weighted by Crippen LogP contribution is -2.31. The third-order valence-electron chi connectivity index (χ3n) is 2.08. The first kappa shape index (κ1) is 19.2. The zero-order chi connectivity index (χ0) is 16.6. The minimum atomic E-state index is -0.472. The summed E-state index contributed by atoms with van der Waals surface area (Å²) in [6.45, 7) is 7.73.